The largest absolute Gasteiger partial charge is 0.349 e. The number of nitrogens with one attached hydrogen (secondary N) is 1. The molecule has 1 atom stereocenters. The molecule has 0 radical (unpaired) electrons. The van der Waals surface area contributed by atoms with Crippen LogP contribution in [0.3, 0.4) is 0 Å². The molecule has 1 unspecified atom stereocenters. The Labute approximate surface area is 124 Å². The van der Waals surface area contributed by atoms with Gasteiger partial charge in [0.15, 0.2) is 0 Å². The lowest BCUT2D eigenvalue weighted by atomic mass is 10.0. The summed E-state index contributed by atoms with van der Waals surface area (Å²) >= 11 is 6.44. The number of amides is 1. The predicted octanol–water partition coefficient (Wildman–Crippen LogP) is 4.13. The summed E-state index contributed by atoms with van der Waals surface area (Å²) in [7, 11) is 0. The number of halogens is 3. The second-order valence-electron chi connectivity index (χ2n) is 4.40. The van der Waals surface area contributed by atoms with Crippen LogP contribution < -0.4 is 5.32 Å². The van der Waals surface area contributed by atoms with E-state index in [1.165, 1.54) is 6.07 Å². The fourth-order valence-corrected chi connectivity index (χ4v) is 2.47. The van der Waals surface area contributed by atoms with Crippen molar-refractivity contribution in [3.05, 3.63) is 34.1 Å². The topological polar surface area (TPSA) is 29.1 Å². The van der Waals surface area contributed by atoms with E-state index < -0.39 is 5.82 Å². The standard InChI is InChI=1S/C13H16Br2FNO/c1-8(2)11(6-7-14)17-13(18)9-4-3-5-10(15)12(9)16/h3-5,8,11H,6-7H2,1-2H3,(H,17,18). The maximum Gasteiger partial charge on any atom is 0.254 e. The molecule has 0 aliphatic rings. The van der Waals surface area contributed by atoms with Crippen molar-refractivity contribution in [3.63, 3.8) is 0 Å². The third-order valence-electron chi connectivity index (χ3n) is 2.74. The van der Waals surface area contributed by atoms with Gasteiger partial charge in [0.2, 0.25) is 0 Å². The van der Waals surface area contributed by atoms with Crippen molar-refractivity contribution in [2.45, 2.75) is 26.3 Å². The summed E-state index contributed by atoms with van der Waals surface area (Å²) in [6.45, 7) is 4.07. The lowest BCUT2D eigenvalue weighted by Crippen LogP contribution is -2.39. The lowest BCUT2D eigenvalue weighted by Gasteiger charge is -2.21. The first-order chi connectivity index (χ1) is 8.47. The molecule has 1 amide bonds. The molecule has 18 heavy (non-hydrogen) atoms. The second-order valence-corrected chi connectivity index (χ2v) is 6.05. The van der Waals surface area contributed by atoms with Crippen LogP contribution in [0.25, 0.3) is 0 Å². The van der Waals surface area contributed by atoms with Gasteiger partial charge in [-0.2, -0.15) is 0 Å². The molecule has 0 aliphatic heterocycles. The van der Waals surface area contributed by atoms with Crippen molar-refractivity contribution in [2.24, 2.45) is 5.92 Å². The molecule has 0 aliphatic carbocycles. The quantitative estimate of drug-likeness (QED) is 0.764. The average molecular weight is 381 g/mol. The molecule has 1 N–H and O–H groups in total. The van der Waals surface area contributed by atoms with Crippen LogP contribution in [0, 0.1) is 11.7 Å². The van der Waals surface area contributed by atoms with Crippen molar-refractivity contribution < 1.29 is 9.18 Å². The molecular weight excluding hydrogens is 365 g/mol. The number of hydrogen-bond acceptors (Lipinski definition) is 1. The zero-order valence-corrected chi connectivity index (χ0v) is 13.5. The monoisotopic (exact) mass is 379 g/mol. The van der Waals surface area contributed by atoms with Crippen LogP contribution >= 0.6 is 31.9 Å². The normalized spacial score (nSPS) is 12.6. The Hall–Kier alpha value is -0.420. The summed E-state index contributed by atoms with van der Waals surface area (Å²) in [5.41, 5.74) is 0.0737. The number of benzene rings is 1. The number of alkyl halides is 1. The van der Waals surface area contributed by atoms with Crippen molar-refractivity contribution in [1.82, 2.24) is 5.32 Å². The SMILES string of the molecule is CC(C)C(CCBr)NC(=O)c1cccc(Br)c1F. The smallest absolute Gasteiger partial charge is 0.254 e. The molecule has 5 heteroatoms. The molecule has 0 aromatic heterocycles. The maximum atomic E-state index is 13.8. The number of carbonyl (C=O) groups is 1. The van der Waals surface area contributed by atoms with Gasteiger partial charge in [-0.05, 0) is 40.4 Å². The van der Waals surface area contributed by atoms with Gasteiger partial charge in [-0.25, -0.2) is 4.39 Å². The van der Waals surface area contributed by atoms with Gasteiger partial charge >= 0.3 is 0 Å². The second kappa shape index (κ2) is 7.24. The van der Waals surface area contributed by atoms with Gasteiger partial charge in [0.1, 0.15) is 5.82 Å². The van der Waals surface area contributed by atoms with Crippen LogP contribution in [0.1, 0.15) is 30.6 Å². The van der Waals surface area contributed by atoms with Crippen LogP contribution in [0.4, 0.5) is 4.39 Å². The summed E-state index contributed by atoms with van der Waals surface area (Å²) in [6, 6.07) is 4.75. The Morgan fingerprint density at radius 3 is 2.67 bits per heavy atom. The van der Waals surface area contributed by atoms with E-state index in [0.29, 0.717) is 10.4 Å². The van der Waals surface area contributed by atoms with Gasteiger partial charge in [-0.3, -0.25) is 4.79 Å². The van der Waals surface area contributed by atoms with E-state index in [0.717, 1.165) is 11.8 Å². The van der Waals surface area contributed by atoms with E-state index in [2.05, 4.69) is 37.2 Å². The highest BCUT2D eigenvalue weighted by atomic mass is 79.9. The number of carbonyl (C=O) groups excluding carboxylic acids is 1. The van der Waals surface area contributed by atoms with Gasteiger partial charge in [-0.15, -0.1) is 0 Å². The lowest BCUT2D eigenvalue weighted by molar-refractivity contribution is 0.0921. The highest BCUT2D eigenvalue weighted by Crippen LogP contribution is 2.19. The summed E-state index contributed by atoms with van der Waals surface area (Å²) in [6.07, 6.45) is 0.818. The molecule has 1 rings (SSSR count). The molecular formula is C13H16Br2FNO. The predicted molar refractivity (Wildman–Crippen MR) is 78.6 cm³/mol. The van der Waals surface area contributed by atoms with Gasteiger partial charge in [0.05, 0.1) is 10.0 Å². The average Bonchev–Trinajstić information content (AvgIpc) is 2.31. The molecule has 0 bridgehead atoms. The van der Waals surface area contributed by atoms with E-state index in [1.54, 1.807) is 12.1 Å². The van der Waals surface area contributed by atoms with Crippen LogP contribution in [0.2, 0.25) is 0 Å². The Bertz CT molecular complexity index is 423. The van der Waals surface area contributed by atoms with E-state index in [-0.39, 0.29) is 17.5 Å². The van der Waals surface area contributed by atoms with Crippen molar-refractivity contribution >= 4 is 37.8 Å². The number of rotatable bonds is 5. The van der Waals surface area contributed by atoms with Crippen LogP contribution in [0.15, 0.2) is 22.7 Å². The first-order valence-electron chi connectivity index (χ1n) is 5.78. The van der Waals surface area contributed by atoms with Crippen molar-refractivity contribution in [1.29, 1.82) is 0 Å². The van der Waals surface area contributed by atoms with Gasteiger partial charge in [0.25, 0.3) is 5.91 Å². The van der Waals surface area contributed by atoms with Crippen LogP contribution in [-0.2, 0) is 0 Å². The van der Waals surface area contributed by atoms with Crippen molar-refractivity contribution in [2.75, 3.05) is 5.33 Å². The minimum absolute atomic E-state index is 0.0373. The molecule has 0 spiro atoms. The van der Waals surface area contributed by atoms with Crippen LogP contribution in [-0.4, -0.2) is 17.3 Å². The molecule has 100 valence electrons. The van der Waals surface area contributed by atoms with E-state index >= 15 is 0 Å². The minimum atomic E-state index is -0.517. The fourth-order valence-electron chi connectivity index (χ4n) is 1.62. The zero-order chi connectivity index (χ0) is 13.7. The first-order valence-corrected chi connectivity index (χ1v) is 7.69. The number of hydrogen-bond donors (Lipinski definition) is 1. The zero-order valence-electron chi connectivity index (χ0n) is 10.3. The Morgan fingerprint density at radius 2 is 2.11 bits per heavy atom. The molecule has 0 saturated heterocycles. The molecule has 0 heterocycles. The van der Waals surface area contributed by atoms with Gasteiger partial charge in [0, 0.05) is 11.4 Å². The van der Waals surface area contributed by atoms with Crippen molar-refractivity contribution in [3.8, 4) is 0 Å². The van der Waals surface area contributed by atoms with E-state index in [9.17, 15) is 9.18 Å². The van der Waals surface area contributed by atoms with E-state index in [1.807, 2.05) is 13.8 Å². The molecule has 0 saturated carbocycles. The Kier molecular flexibility index (Phi) is 6.29. The molecule has 0 fully saturated rings. The molecule has 1 aromatic rings. The van der Waals surface area contributed by atoms with Crippen LogP contribution in [0.5, 0.6) is 0 Å². The summed E-state index contributed by atoms with van der Waals surface area (Å²) < 4.78 is 14.1. The Morgan fingerprint density at radius 1 is 1.44 bits per heavy atom. The fraction of sp³-hybridized carbons (Fsp3) is 0.462. The third kappa shape index (κ3) is 4.05. The highest BCUT2D eigenvalue weighted by Gasteiger charge is 2.19. The van der Waals surface area contributed by atoms with Gasteiger partial charge in [-0.1, -0.05) is 35.8 Å². The molecule has 1 aromatic carbocycles. The molecule has 2 nitrogen and oxygen atoms in total. The third-order valence-corrected chi connectivity index (χ3v) is 3.81. The maximum absolute atomic E-state index is 13.8. The Balaban J connectivity index is 2.84. The van der Waals surface area contributed by atoms with E-state index in [4.69, 9.17) is 0 Å². The summed E-state index contributed by atoms with van der Waals surface area (Å²) in [5, 5.41) is 3.67. The summed E-state index contributed by atoms with van der Waals surface area (Å²) in [4.78, 5) is 12.0. The highest BCUT2D eigenvalue weighted by molar-refractivity contribution is 9.10. The minimum Gasteiger partial charge on any atom is -0.349 e. The first kappa shape index (κ1) is 15.6. The summed E-state index contributed by atoms with van der Waals surface area (Å²) in [5.74, 6) is -0.577. The van der Waals surface area contributed by atoms with Gasteiger partial charge < -0.3 is 5.32 Å².